The monoisotopic (exact) mass is 218 g/mol. The summed E-state index contributed by atoms with van der Waals surface area (Å²) in [6.07, 6.45) is 0. The third kappa shape index (κ3) is 2.21. The van der Waals surface area contributed by atoms with E-state index in [0.29, 0.717) is 0 Å². The molecule has 2 N–H and O–H groups in total. The van der Waals surface area contributed by atoms with Gasteiger partial charge in [0.2, 0.25) is 0 Å². The molecular formula is C8H11FN2O2S. The number of rotatable bonds is 3. The van der Waals surface area contributed by atoms with Crippen LogP contribution in [0.5, 0.6) is 0 Å². The Labute approximate surface area is 82.3 Å². The van der Waals surface area contributed by atoms with Gasteiger partial charge in [-0.25, -0.2) is 9.53 Å². The molecule has 0 aliphatic rings. The number of nitrogens with two attached hydrogens (primary N) is 1. The smallest absolute Gasteiger partial charge is 0.255 e. The molecule has 0 unspecified atom stereocenters. The number of hydrogen-bond donors (Lipinski definition) is 1. The Morgan fingerprint density at radius 2 is 2.00 bits per heavy atom. The number of anilines is 1. The van der Waals surface area contributed by atoms with E-state index in [1.807, 2.05) is 0 Å². The van der Waals surface area contributed by atoms with E-state index in [1.165, 1.54) is 18.2 Å². The summed E-state index contributed by atoms with van der Waals surface area (Å²) in [5, 5.41) is 4.92. The number of halogens is 1. The lowest BCUT2D eigenvalue weighted by molar-refractivity contribution is 0.588. The molecule has 78 valence electrons. The van der Waals surface area contributed by atoms with Gasteiger partial charge in [-0.15, -0.1) is 0 Å². The fourth-order valence-electron chi connectivity index (χ4n) is 1.14. The Bertz CT molecular complexity index is 419. The van der Waals surface area contributed by atoms with Crippen molar-refractivity contribution < 1.29 is 12.8 Å². The Morgan fingerprint density at radius 3 is 2.43 bits per heavy atom. The average Bonchev–Trinajstić information content (AvgIpc) is 2.07. The molecule has 0 amide bonds. The van der Waals surface area contributed by atoms with Crippen molar-refractivity contribution in [3.05, 3.63) is 30.1 Å². The van der Waals surface area contributed by atoms with E-state index in [4.69, 9.17) is 5.14 Å². The molecule has 0 spiro atoms. The predicted molar refractivity (Wildman–Crippen MR) is 52.5 cm³/mol. The van der Waals surface area contributed by atoms with Crippen LogP contribution < -0.4 is 9.44 Å². The second-order valence-electron chi connectivity index (χ2n) is 2.66. The van der Waals surface area contributed by atoms with Crippen molar-refractivity contribution in [1.29, 1.82) is 0 Å². The van der Waals surface area contributed by atoms with Crippen LogP contribution in [0, 0.1) is 5.82 Å². The molecule has 1 aromatic rings. The molecule has 0 saturated carbocycles. The van der Waals surface area contributed by atoms with Gasteiger partial charge in [0.1, 0.15) is 5.82 Å². The van der Waals surface area contributed by atoms with Crippen LogP contribution in [0.1, 0.15) is 6.92 Å². The van der Waals surface area contributed by atoms with Crippen LogP contribution in [-0.2, 0) is 10.2 Å². The zero-order valence-electron chi connectivity index (χ0n) is 7.64. The minimum absolute atomic E-state index is 0.0301. The first kappa shape index (κ1) is 10.9. The Morgan fingerprint density at radius 1 is 1.43 bits per heavy atom. The summed E-state index contributed by atoms with van der Waals surface area (Å²) in [4.78, 5) is 0. The first-order chi connectivity index (χ1) is 6.46. The molecule has 0 atom stereocenters. The number of benzene rings is 1. The number of nitrogens with zero attached hydrogens (tertiary/aromatic N) is 1. The highest BCUT2D eigenvalue weighted by Gasteiger charge is 2.18. The van der Waals surface area contributed by atoms with Crippen LogP contribution in [0.15, 0.2) is 24.3 Å². The van der Waals surface area contributed by atoms with Crippen molar-refractivity contribution in [1.82, 2.24) is 0 Å². The van der Waals surface area contributed by atoms with Gasteiger partial charge in [0.15, 0.2) is 0 Å². The fraction of sp³-hybridized carbons (Fsp3) is 0.250. The normalized spacial score (nSPS) is 11.4. The second kappa shape index (κ2) is 3.93. The van der Waals surface area contributed by atoms with Crippen molar-refractivity contribution in [3.8, 4) is 0 Å². The molecule has 0 aliphatic carbocycles. The quantitative estimate of drug-likeness (QED) is 0.817. The van der Waals surface area contributed by atoms with Gasteiger partial charge in [0.05, 0.1) is 5.69 Å². The van der Waals surface area contributed by atoms with Crippen molar-refractivity contribution >= 4 is 15.9 Å². The van der Waals surface area contributed by atoms with Gasteiger partial charge in [-0.05, 0) is 19.1 Å². The van der Waals surface area contributed by atoms with Crippen molar-refractivity contribution in [3.63, 3.8) is 0 Å². The van der Waals surface area contributed by atoms with Gasteiger partial charge < -0.3 is 0 Å². The maximum absolute atomic E-state index is 13.2. The Hall–Kier alpha value is -1.14. The van der Waals surface area contributed by atoms with E-state index >= 15 is 0 Å². The van der Waals surface area contributed by atoms with Crippen LogP contribution in [0.4, 0.5) is 10.1 Å². The average molecular weight is 218 g/mol. The summed E-state index contributed by atoms with van der Waals surface area (Å²) >= 11 is 0. The zero-order valence-corrected chi connectivity index (χ0v) is 8.46. The van der Waals surface area contributed by atoms with Gasteiger partial charge in [0, 0.05) is 6.54 Å². The lowest BCUT2D eigenvalue weighted by atomic mass is 10.3. The number of para-hydroxylation sites is 1. The van der Waals surface area contributed by atoms with E-state index in [-0.39, 0.29) is 12.2 Å². The van der Waals surface area contributed by atoms with Crippen LogP contribution in [0.2, 0.25) is 0 Å². The first-order valence-electron chi connectivity index (χ1n) is 4.01. The van der Waals surface area contributed by atoms with Crippen LogP contribution in [0.3, 0.4) is 0 Å². The molecule has 1 rings (SSSR count). The predicted octanol–water partition coefficient (Wildman–Crippen LogP) is 0.856. The largest absolute Gasteiger partial charge is 0.299 e. The van der Waals surface area contributed by atoms with Gasteiger partial charge in [-0.2, -0.15) is 8.42 Å². The minimum Gasteiger partial charge on any atom is -0.255 e. The standard InChI is InChI=1S/C8H11FN2O2S/c1-2-11(14(10,12)13)8-6-4-3-5-7(8)9/h3-6H,2H2,1H3,(H2,10,12,13). The third-order valence-electron chi connectivity index (χ3n) is 1.72. The summed E-state index contributed by atoms with van der Waals surface area (Å²) in [5.74, 6) is -0.608. The molecule has 14 heavy (non-hydrogen) atoms. The van der Waals surface area contributed by atoms with Crippen LogP contribution in [0.25, 0.3) is 0 Å². The van der Waals surface area contributed by atoms with Crippen LogP contribution >= 0.6 is 0 Å². The summed E-state index contributed by atoms with van der Waals surface area (Å²) in [6, 6.07) is 5.58. The van der Waals surface area contributed by atoms with Gasteiger partial charge in [0.25, 0.3) is 10.2 Å². The van der Waals surface area contributed by atoms with E-state index in [1.54, 1.807) is 13.0 Å². The maximum atomic E-state index is 13.2. The highest BCUT2D eigenvalue weighted by molar-refractivity contribution is 7.90. The van der Waals surface area contributed by atoms with E-state index in [9.17, 15) is 12.8 Å². The molecule has 0 radical (unpaired) electrons. The summed E-state index contributed by atoms with van der Waals surface area (Å²) < 4.78 is 36.1. The molecule has 0 fully saturated rings. The molecule has 0 saturated heterocycles. The fourth-order valence-corrected chi connectivity index (χ4v) is 1.92. The Balaban J connectivity index is 3.21. The summed E-state index contributed by atoms with van der Waals surface area (Å²) in [6.45, 7) is 1.68. The maximum Gasteiger partial charge on any atom is 0.299 e. The summed E-state index contributed by atoms with van der Waals surface area (Å²) in [5.41, 5.74) is -0.0301. The molecule has 0 aromatic heterocycles. The SMILES string of the molecule is CCN(c1ccccc1F)S(N)(=O)=O. The second-order valence-corrected chi connectivity index (χ2v) is 4.13. The molecule has 0 bridgehead atoms. The van der Waals surface area contributed by atoms with E-state index in [2.05, 4.69) is 0 Å². The van der Waals surface area contributed by atoms with Crippen molar-refractivity contribution in [2.24, 2.45) is 5.14 Å². The first-order valence-corrected chi connectivity index (χ1v) is 5.52. The molecule has 1 aromatic carbocycles. The van der Waals surface area contributed by atoms with Crippen molar-refractivity contribution in [2.45, 2.75) is 6.92 Å². The molecular weight excluding hydrogens is 207 g/mol. The highest BCUT2D eigenvalue weighted by Crippen LogP contribution is 2.19. The Kier molecular flexibility index (Phi) is 3.07. The van der Waals surface area contributed by atoms with E-state index < -0.39 is 16.0 Å². The highest BCUT2D eigenvalue weighted by atomic mass is 32.2. The van der Waals surface area contributed by atoms with Gasteiger partial charge in [-0.1, -0.05) is 12.1 Å². The molecule has 0 aliphatic heterocycles. The topological polar surface area (TPSA) is 63.4 Å². The third-order valence-corrected chi connectivity index (χ3v) is 2.78. The zero-order chi connectivity index (χ0) is 10.8. The molecule has 4 nitrogen and oxygen atoms in total. The van der Waals surface area contributed by atoms with Crippen molar-refractivity contribution in [2.75, 3.05) is 10.8 Å². The van der Waals surface area contributed by atoms with E-state index in [0.717, 1.165) is 4.31 Å². The molecule has 0 heterocycles. The molecule has 6 heteroatoms. The van der Waals surface area contributed by atoms with Gasteiger partial charge >= 0.3 is 0 Å². The summed E-state index contributed by atoms with van der Waals surface area (Å²) in [7, 11) is -3.90. The van der Waals surface area contributed by atoms with Crippen LogP contribution in [-0.4, -0.2) is 15.0 Å². The lowest BCUT2D eigenvalue weighted by Gasteiger charge is -2.19. The lowest BCUT2D eigenvalue weighted by Crippen LogP contribution is -2.37. The van der Waals surface area contributed by atoms with Gasteiger partial charge in [-0.3, -0.25) is 4.31 Å². The number of hydrogen-bond acceptors (Lipinski definition) is 2. The minimum atomic E-state index is -3.90.